The summed E-state index contributed by atoms with van der Waals surface area (Å²) >= 11 is 0. The zero-order valence-electron chi connectivity index (χ0n) is 10.5. The normalized spacial score (nSPS) is 19.0. The molecule has 1 heterocycles. The van der Waals surface area contributed by atoms with E-state index in [2.05, 4.69) is 5.32 Å². The van der Waals surface area contributed by atoms with Gasteiger partial charge in [-0.3, -0.25) is 0 Å². The highest BCUT2D eigenvalue weighted by atomic mass is 16.2. The Hall–Kier alpha value is -1.71. The highest BCUT2D eigenvalue weighted by molar-refractivity contribution is 5.75. The van der Waals surface area contributed by atoms with Crippen LogP contribution < -0.4 is 11.1 Å². The van der Waals surface area contributed by atoms with Crippen molar-refractivity contribution in [3.8, 4) is 0 Å². The number of rotatable bonds is 1. The molecule has 1 fully saturated rings. The molecule has 4 nitrogen and oxygen atoms in total. The summed E-state index contributed by atoms with van der Waals surface area (Å²) in [5.74, 6) is 0. The Balaban J connectivity index is 1.64. The Labute approximate surface area is 107 Å². The second-order valence-electron chi connectivity index (χ2n) is 5.32. The van der Waals surface area contributed by atoms with Gasteiger partial charge in [0.1, 0.15) is 0 Å². The number of amides is 2. The van der Waals surface area contributed by atoms with Crippen LogP contribution in [0.5, 0.6) is 0 Å². The van der Waals surface area contributed by atoms with Gasteiger partial charge >= 0.3 is 6.03 Å². The number of urea groups is 1. The molecule has 2 aliphatic rings. The van der Waals surface area contributed by atoms with E-state index in [-0.39, 0.29) is 6.03 Å². The molecule has 0 spiro atoms. The predicted molar refractivity (Wildman–Crippen MR) is 70.9 cm³/mol. The average molecular weight is 245 g/mol. The molecular weight excluding hydrogens is 226 g/mol. The fourth-order valence-corrected chi connectivity index (χ4v) is 2.89. The van der Waals surface area contributed by atoms with Crippen LogP contribution >= 0.6 is 0 Å². The lowest BCUT2D eigenvalue weighted by atomic mass is 10.1. The standard InChI is InChI=1S/C14H19N3O/c15-12-6-5-10-8-17(9-11(10)7-12)14(18)16-13-3-1-2-4-13/h5-7,13H,1-4,8-9,15H2,(H,16,18). The number of anilines is 1. The zero-order chi connectivity index (χ0) is 12.5. The number of nitrogen functional groups attached to an aromatic ring is 1. The van der Waals surface area contributed by atoms with Crippen molar-refractivity contribution in [2.75, 3.05) is 5.73 Å². The van der Waals surface area contributed by atoms with Gasteiger partial charge in [0, 0.05) is 24.8 Å². The predicted octanol–water partition coefficient (Wildman–Crippen LogP) is 2.24. The van der Waals surface area contributed by atoms with Crippen LogP contribution in [0.2, 0.25) is 0 Å². The molecule has 3 N–H and O–H groups in total. The van der Waals surface area contributed by atoms with Crippen LogP contribution in [0.15, 0.2) is 18.2 Å². The third-order valence-electron chi connectivity index (χ3n) is 3.92. The first-order valence-electron chi connectivity index (χ1n) is 6.65. The zero-order valence-corrected chi connectivity index (χ0v) is 10.5. The lowest BCUT2D eigenvalue weighted by molar-refractivity contribution is 0.194. The summed E-state index contributed by atoms with van der Waals surface area (Å²) in [7, 11) is 0. The Morgan fingerprint density at radius 3 is 2.72 bits per heavy atom. The molecule has 0 saturated heterocycles. The van der Waals surface area contributed by atoms with Crippen molar-refractivity contribution < 1.29 is 4.79 Å². The molecule has 1 aliphatic heterocycles. The van der Waals surface area contributed by atoms with Gasteiger partial charge in [0.15, 0.2) is 0 Å². The maximum atomic E-state index is 12.1. The molecule has 1 aromatic carbocycles. The van der Waals surface area contributed by atoms with Crippen LogP contribution in [0.25, 0.3) is 0 Å². The molecule has 18 heavy (non-hydrogen) atoms. The fourth-order valence-electron chi connectivity index (χ4n) is 2.89. The van der Waals surface area contributed by atoms with Gasteiger partial charge in [0.05, 0.1) is 0 Å². The Kier molecular flexibility index (Phi) is 2.86. The van der Waals surface area contributed by atoms with Gasteiger partial charge in [0.25, 0.3) is 0 Å². The van der Waals surface area contributed by atoms with Crippen LogP contribution in [-0.2, 0) is 13.1 Å². The smallest absolute Gasteiger partial charge is 0.318 e. The molecule has 96 valence electrons. The highest BCUT2D eigenvalue weighted by Gasteiger charge is 2.25. The van der Waals surface area contributed by atoms with E-state index in [1.165, 1.54) is 24.0 Å². The van der Waals surface area contributed by atoms with E-state index in [1.54, 1.807) is 0 Å². The SMILES string of the molecule is Nc1ccc2c(c1)CN(C(=O)NC1CCCC1)C2. The second kappa shape index (κ2) is 4.52. The Morgan fingerprint density at radius 1 is 1.22 bits per heavy atom. The van der Waals surface area contributed by atoms with Crippen molar-refractivity contribution >= 4 is 11.7 Å². The van der Waals surface area contributed by atoms with E-state index in [0.717, 1.165) is 18.5 Å². The Morgan fingerprint density at radius 2 is 1.94 bits per heavy atom. The molecule has 1 aliphatic carbocycles. The molecular formula is C14H19N3O. The van der Waals surface area contributed by atoms with Gasteiger partial charge in [-0.1, -0.05) is 18.9 Å². The van der Waals surface area contributed by atoms with Crippen LogP contribution in [-0.4, -0.2) is 17.0 Å². The van der Waals surface area contributed by atoms with E-state index in [1.807, 2.05) is 23.1 Å². The van der Waals surface area contributed by atoms with Crippen LogP contribution in [0.1, 0.15) is 36.8 Å². The summed E-state index contributed by atoms with van der Waals surface area (Å²) in [5, 5.41) is 3.13. The van der Waals surface area contributed by atoms with E-state index >= 15 is 0 Å². The van der Waals surface area contributed by atoms with Crippen LogP contribution in [0, 0.1) is 0 Å². The number of nitrogens with two attached hydrogens (primary N) is 1. The minimum Gasteiger partial charge on any atom is -0.399 e. The van der Waals surface area contributed by atoms with Crippen LogP contribution in [0.3, 0.4) is 0 Å². The van der Waals surface area contributed by atoms with Gasteiger partial charge in [-0.05, 0) is 36.1 Å². The van der Waals surface area contributed by atoms with Gasteiger partial charge in [-0.15, -0.1) is 0 Å². The van der Waals surface area contributed by atoms with E-state index < -0.39 is 0 Å². The second-order valence-corrected chi connectivity index (χ2v) is 5.32. The monoisotopic (exact) mass is 245 g/mol. The van der Waals surface area contributed by atoms with E-state index in [0.29, 0.717) is 19.1 Å². The van der Waals surface area contributed by atoms with Crippen molar-refractivity contribution in [2.24, 2.45) is 0 Å². The third kappa shape index (κ3) is 2.15. The summed E-state index contributed by atoms with van der Waals surface area (Å²) in [6.07, 6.45) is 4.72. The maximum Gasteiger partial charge on any atom is 0.318 e. The molecule has 0 radical (unpaired) electrons. The van der Waals surface area contributed by atoms with Crippen molar-refractivity contribution in [1.82, 2.24) is 10.2 Å². The number of hydrogen-bond acceptors (Lipinski definition) is 2. The van der Waals surface area contributed by atoms with E-state index in [4.69, 9.17) is 5.73 Å². The summed E-state index contributed by atoms with van der Waals surface area (Å²) in [6, 6.07) is 6.34. The molecule has 3 rings (SSSR count). The molecule has 0 unspecified atom stereocenters. The van der Waals surface area contributed by atoms with Crippen LogP contribution in [0.4, 0.5) is 10.5 Å². The van der Waals surface area contributed by atoms with E-state index in [9.17, 15) is 4.79 Å². The highest BCUT2D eigenvalue weighted by Crippen LogP contribution is 2.25. The summed E-state index contributed by atoms with van der Waals surface area (Å²) in [4.78, 5) is 14.0. The van der Waals surface area contributed by atoms with Crippen molar-refractivity contribution in [3.05, 3.63) is 29.3 Å². The summed E-state index contributed by atoms with van der Waals surface area (Å²) in [5.41, 5.74) is 8.93. The topological polar surface area (TPSA) is 58.4 Å². The molecule has 0 bridgehead atoms. The molecule has 4 heteroatoms. The molecule has 1 aromatic rings. The average Bonchev–Trinajstić information content (AvgIpc) is 2.96. The summed E-state index contributed by atoms with van der Waals surface area (Å²) in [6.45, 7) is 1.38. The largest absolute Gasteiger partial charge is 0.399 e. The first-order valence-corrected chi connectivity index (χ1v) is 6.65. The van der Waals surface area contributed by atoms with Gasteiger partial charge in [-0.2, -0.15) is 0 Å². The fraction of sp³-hybridized carbons (Fsp3) is 0.500. The first kappa shape index (κ1) is 11.4. The third-order valence-corrected chi connectivity index (χ3v) is 3.92. The lowest BCUT2D eigenvalue weighted by Gasteiger charge is -2.19. The number of carbonyl (C=O) groups is 1. The lowest BCUT2D eigenvalue weighted by Crippen LogP contribution is -2.41. The van der Waals surface area contributed by atoms with Gasteiger partial charge < -0.3 is 16.0 Å². The number of fused-ring (bicyclic) bond motifs is 1. The minimum atomic E-state index is 0.0664. The van der Waals surface area contributed by atoms with Crippen molar-refractivity contribution in [2.45, 2.75) is 44.8 Å². The number of hydrogen-bond donors (Lipinski definition) is 2. The molecule has 2 amide bonds. The minimum absolute atomic E-state index is 0.0664. The summed E-state index contributed by atoms with van der Waals surface area (Å²) < 4.78 is 0. The maximum absolute atomic E-state index is 12.1. The molecule has 1 saturated carbocycles. The molecule has 0 atom stereocenters. The van der Waals surface area contributed by atoms with Gasteiger partial charge in [0.2, 0.25) is 0 Å². The first-order chi connectivity index (χ1) is 8.72. The quantitative estimate of drug-likeness (QED) is 0.745. The van der Waals surface area contributed by atoms with Gasteiger partial charge in [-0.25, -0.2) is 4.79 Å². The number of nitrogens with one attached hydrogen (secondary N) is 1. The Bertz CT molecular complexity index is 466. The van der Waals surface area contributed by atoms with Crippen molar-refractivity contribution in [1.29, 1.82) is 0 Å². The number of nitrogens with zero attached hydrogens (tertiary/aromatic N) is 1. The number of benzene rings is 1. The number of carbonyl (C=O) groups excluding carboxylic acids is 1. The van der Waals surface area contributed by atoms with Crippen molar-refractivity contribution in [3.63, 3.8) is 0 Å². The molecule has 0 aromatic heterocycles.